The van der Waals surface area contributed by atoms with Crippen LogP contribution < -0.4 is 5.73 Å². The molecule has 0 saturated carbocycles. The number of nitrogens with two attached hydrogens (primary N) is 1. The van der Waals surface area contributed by atoms with Crippen LogP contribution in [0.5, 0.6) is 0 Å². The molecule has 0 bridgehead atoms. The second-order valence-corrected chi connectivity index (χ2v) is 5.84. The van der Waals surface area contributed by atoms with Crippen molar-refractivity contribution in [2.45, 2.75) is 25.0 Å². The lowest BCUT2D eigenvalue weighted by molar-refractivity contribution is -0.00310. The first-order valence-electron chi connectivity index (χ1n) is 8.03. The zero-order valence-electron chi connectivity index (χ0n) is 13.1. The first kappa shape index (κ1) is 15.7. The van der Waals surface area contributed by atoms with Crippen LogP contribution in [-0.4, -0.2) is 30.2 Å². The summed E-state index contributed by atoms with van der Waals surface area (Å²) in [6.07, 6.45) is 1.52. The highest BCUT2D eigenvalue weighted by atomic mass is 16.5. The summed E-state index contributed by atoms with van der Waals surface area (Å²) >= 11 is 0. The minimum Gasteiger partial charge on any atom is -0.459 e. The standard InChI is InChI=1S/C19H22N2O2/c20-14-21-12-11-17(13-18(21)15-7-3-1-4-8-15)23-19(22)16-9-5-2-6-10-16/h1-10,17-18H,11-14,20H2. The highest BCUT2D eigenvalue weighted by molar-refractivity contribution is 5.89. The van der Waals surface area contributed by atoms with Crippen molar-refractivity contribution in [2.24, 2.45) is 5.73 Å². The number of carbonyl (C=O) groups excluding carboxylic acids is 1. The fourth-order valence-electron chi connectivity index (χ4n) is 3.12. The molecule has 1 heterocycles. The average molecular weight is 310 g/mol. The van der Waals surface area contributed by atoms with Crippen LogP contribution in [0.15, 0.2) is 60.7 Å². The van der Waals surface area contributed by atoms with Crippen molar-refractivity contribution in [2.75, 3.05) is 13.2 Å². The summed E-state index contributed by atoms with van der Waals surface area (Å²) in [6, 6.07) is 19.6. The maximum atomic E-state index is 12.2. The second-order valence-electron chi connectivity index (χ2n) is 5.84. The number of carbonyl (C=O) groups is 1. The van der Waals surface area contributed by atoms with Crippen LogP contribution in [0, 0.1) is 0 Å². The molecule has 1 fully saturated rings. The number of hydrogen-bond acceptors (Lipinski definition) is 4. The van der Waals surface area contributed by atoms with Gasteiger partial charge in [0, 0.05) is 25.7 Å². The summed E-state index contributed by atoms with van der Waals surface area (Å²) < 4.78 is 5.72. The largest absolute Gasteiger partial charge is 0.459 e. The lowest BCUT2D eigenvalue weighted by Crippen LogP contribution is -2.43. The zero-order chi connectivity index (χ0) is 16.1. The maximum absolute atomic E-state index is 12.2. The number of benzene rings is 2. The summed E-state index contributed by atoms with van der Waals surface area (Å²) in [6.45, 7) is 1.35. The Hall–Kier alpha value is -2.17. The molecule has 0 amide bonds. The Kier molecular flexibility index (Phi) is 5.05. The molecule has 120 valence electrons. The fourth-order valence-corrected chi connectivity index (χ4v) is 3.12. The smallest absolute Gasteiger partial charge is 0.338 e. The molecule has 1 saturated heterocycles. The van der Waals surface area contributed by atoms with Gasteiger partial charge in [0.1, 0.15) is 6.10 Å². The second kappa shape index (κ2) is 7.40. The van der Waals surface area contributed by atoms with Gasteiger partial charge in [0.15, 0.2) is 0 Å². The topological polar surface area (TPSA) is 55.6 Å². The highest BCUT2D eigenvalue weighted by Crippen LogP contribution is 2.31. The van der Waals surface area contributed by atoms with Gasteiger partial charge in [-0.15, -0.1) is 0 Å². The molecule has 2 aromatic carbocycles. The lowest BCUT2D eigenvalue weighted by atomic mass is 9.93. The van der Waals surface area contributed by atoms with E-state index in [-0.39, 0.29) is 18.1 Å². The van der Waals surface area contributed by atoms with E-state index in [1.54, 1.807) is 12.1 Å². The molecule has 3 rings (SSSR count). The van der Waals surface area contributed by atoms with Gasteiger partial charge in [0.2, 0.25) is 0 Å². The van der Waals surface area contributed by atoms with E-state index in [4.69, 9.17) is 10.5 Å². The maximum Gasteiger partial charge on any atom is 0.338 e. The van der Waals surface area contributed by atoms with Crippen molar-refractivity contribution in [3.05, 3.63) is 71.8 Å². The third kappa shape index (κ3) is 3.78. The molecule has 0 spiro atoms. The first-order chi connectivity index (χ1) is 11.3. The first-order valence-corrected chi connectivity index (χ1v) is 8.03. The molecule has 2 unspecified atom stereocenters. The normalized spacial score (nSPS) is 21.8. The molecular weight excluding hydrogens is 288 g/mol. The van der Waals surface area contributed by atoms with Crippen molar-refractivity contribution in [3.8, 4) is 0 Å². The number of likely N-dealkylation sites (tertiary alicyclic amines) is 1. The van der Waals surface area contributed by atoms with Gasteiger partial charge in [-0.3, -0.25) is 4.90 Å². The third-order valence-electron chi connectivity index (χ3n) is 4.37. The Morgan fingerprint density at radius 3 is 2.39 bits per heavy atom. The molecule has 0 aliphatic carbocycles. The molecule has 2 atom stereocenters. The van der Waals surface area contributed by atoms with Crippen molar-refractivity contribution in [3.63, 3.8) is 0 Å². The highest BCUT2D eigenvalue weighted by Gasteiger charge is 2.31. The van der Waals surface area contributed by atoms with Crippen LogP contribution in [0.3, 0.4) is 0 Å². The number of piperidine rings is 1. The van der Waals surface area contributed by atoms with Crippen molar-refractivity contribution in [1.82, 2.24) is 4.90 Å². The van der Waals surface area contributed by atoms with Crippen LogP contribution in [-0.2, 0) is 4.74 Å². The van der Waals surface area contributed by atoms with Gasteiger partial charge in [0.05, 0.1) is 5.56 Å². The monoisotopic (exact) mass is 310 g/mol. The van der Waals surface area contributed by atoms with Gasteiger partial charge in [-0.25, -0.2) is 4.79 Å². The molecule has 1 aliphatic heterocycles. The number of hydrogen-bond donors (Lipinski definition) is 1. The molecule has 23 heavy (non-hydrogen) atoms. The number of rotatable bonds is 4. The van der Waals surface area contributed by atoms with Crippen molar-refractivity contribution < 1.29 is 9.53 Å². The van der Waals surface area contributed by atoms with Crippen LogP contribution in [0.25, 0.3) is 0 Å². The van der Waals surface area contributed by atoms with Crippen LogP contribution in [0.1, 0.15) is 34.8 Å². The van der Waals surface area contributed by atoms with E-state index in [9.17, 15) is 4.79 Å². The van der Waals surface area contributed by atoms with E-state index in [0.717, 1.165) is 19.4 Å². The van der Waals surface area contributed by atoms with E-state index in [1.165, 1.54) is 5.56 Å². The van der Waals surface area contributed by atoms with E-state index in [1.807, 2.05) is 36.4 Å². The summed E-state index contributed by atoms with van der Waals surface area (Å²) in [5.41, 5.74) is 7.71. The SMILES string of the molecule is NCN1CCC(OC(=O)c2ccccc2)CC1c1ccccc1. The minimum atomic E-state index is -0.247. The van der Waals surface area contributed by atoms with Crippen LogP contribution >= 0.6 is 0 Å². The summed E-state index contributed by atoms with van der Waals surface area (Å²) in [7, 11) is 0. The van der Waals surface area contributed by atoms with Crippen LogP contribution in [0.2, 0.25) is 0 Å². The van der Waals surface area contributed by atoms with Gasteiger partial charge in [-0.2, -0.15) is 0 Å². The van der Waals surface area contributed by atoms with Crippen LogP contribution in [0.4, 0.5) is 0 Å². The predicted molar refractivity (Wildman–Crippen MR) is 89.8 cm³/mol. The molecular formula is C19H22N2O2. The Balaban J connectivity index is 1.69. The average Bonchev–Trinajstić information content (AvgIpc) is 2.63. The molecule has 1 aliphatic rings. The van der Waals surface area contributed by atoms with Gasteiger partial charge >= 0.3 is 5.97 Å². The fraction of sp³-hybridized carbons (Fsp3) is 0.316. The van der Waals surface area contributed by atoms with E-state index < -0.39 is 0 Å². The predicted octanol–water partition coefficient (Wildman–Crippen LogP) is 2.97. The Labute approximate surface area is 136 Å². The van der Waals surface area contributed by atoms with E-state index in [0.29, 0.717) is 12.2 Å². The van der Waals surface area contributed by atoms with Crippen molar-refractivity contribution >= 4 is 5.97 Å². The number of nitrogens with zero attached hydrogens (tertiary/aromatic N) is 1. The molecule has 4 heteroatoms. The minimum absolute atomic E-state index is 0.0734. The molecule has 0 radical (unpaired) electrons. The van der Waals surface area contributed by atoms with E-state index >= 15 is 0 Å². The van der Waals surface area contributed by atoms with E-state index in [2.05, 4.69) is 17.0 Å². The van der Waals surface area contributed by atoms with Gasteiger partial charge < -0.3 is 10.5 Å². The van der Waals surface area contributed by atoms with Crippen molar-refractivity contribution in [1.29, 1.82) is 0 Å². The zero-order valence-corrected chi connectivity index (χ0v) is 13.1. The Morgan fingerprint density at radius 2 is 1.74 bits per heavy atom. The lowest BCUT2D eigenvalue weighted by Gasteiger charge is -2.38. The summed E-state index contributed by atoms with van der Waals surface area (Å²) in [5, 5.41) is 0. The Morgan fingerprint density at radius 1 is 1.09 bits per heavy atom. The number of ether oxygens (including phenoxy) is 1. The van der Waals surface area contributed by atoms with Gasteiger partial charge in [-0.1, -0.05) is 48.5 Å². The third-order valence-corrected chi connectivity index (χ3v) is 4.37. The quantitative estimate of drug-likeness (QED) is 0.882. The molecule has 2 aromatic rings. The van der Waals surface area contributed by atoms with Gasteiger partial charge in [-0.05, 0) is 24.1 Å². The molecule has 4 nitrogen and oxygen atoms in total. The summed E-state index contributed by atoms with van der Waals surface area (Å²) in [5.74, 6) is -0.247. The van der Waals surface area contributed by atoms with Gasteiger partial charge in [0.25, 0.3) is 0 Å². The molecule has 2 N–H and O–H groups in total. The Bertz CT molecular complexity index is 630. The summed E-state index contributed by atoms with van der Waals surface area (Å²) in [4.78, 5) is 14.5. The molecule has 0 aromatic heterocycles. The number of esters is 1.